The summed E-state index contributed by atoms with van der Waals surface area (Å²) in [5.41, 5.74) is 0.715. The van der Waals surface area contributed by atoms with E-state index in [0.29, 0.717) is 5.69 Å². The Balaban J connectivity index is 1.75. The van der Waals surface area contributed by atoms with Crippen LogP contribution in [0.1, 0.15) is 10.5 Å². The second-order valence-corrected chi connectivity index (χ2v) is 5.00. The van der Waals surface area contributed by atoms with Crippen LogP contribution < -0.4 is 10.6 Å². The van der Waals surface area contributed by atoms with Crippen LogP contribution in [0.4, 0.5) is 30.4 Å². The van der Waals surface area contributed by atoms with E-state index in [1.165, 1.54) is 36.4 Å². The van der Waals surface area contributed by atoms with Crippen molar-refractivity contribution in [3.05, 3.63) is 78.0 Å². The zero-order chi connectivity index (χ0) is 17.8. The second kappa shape index (κ2) is 7.00. The highest BCUT2D eigenvalue weighted by Gasteiger charge is 2.10. The lowest BCUT2D eigenvalue weighted by molar-refractivity contribution is 0.102. The van der Waals surface area contributed by atoms with Crippen molar-refractivity contribution in [2.24, 2.45) is 0 Å². The molecule has 126 valence electrons. The van der Waals surface area contributed by atoms with Gasteiger partial charge in [0.25, 0.3) is 5.91 Å². The third-order valence-electron chi connectivity index (χ3n) is 3.19. The molecule has 0 radical (unpaired) electrons. The topological polar surface area (TPSA) is 66.9 Å². The summed E-state index contributed by atoms with van der Waals surface area (Å²) in [5, 5.41) is 5.31. The number of hydrogen-bond acceptors (Lipinski definition) is 4. The van der Waals surface area contributed by atoms with Crippen molar-refractivity contribution < 1.29 is 18.0 Å². The molecule has 2 aromatic carbocycles. The maximum atomic E-state index is 13.2. The Bertz CT molecular complexity index is 916. The fraction of sp³-hybridized carbons (Fsp3) is 0. The Labute approximate surface area is 140 Å². The van der Waals surface area contributed by atoms with Gasteiger partial charge in [0, 0.05) is 23.5 Å². The van der Waals surface area contributed by atoms with E-state index in [1.54, 1.807) is 0 Å². The van der Waals surface area contributed by atoms with Gasteiger partial charge in [0.1, 0.15) is 23.7 Å². The summed E-state index contributed by atoms with van der Waals surface area (Å²) in [6.45, 7) is 0. The molecule has 2 N–H and O–H groups in total. The van der Waals surface area contributed by atoms with E-state index in [9.17, 15) is 18.0 Å². The van der Waals surface area contributed by atoms with E-state index >= 15 is 0 Å². The Kier molecular flexibility index (Phi) is 4.60. The molecule has 0 saturated heterocycles. The first-order valence-electron chi connectivity index (χ1n) is 7.12. The predicted molar refractivity (Wildman–Crippen MR) is 86.0 cm³/mol. The summed E-state index contributed by atoms with van der Waals surface area (Å²) in [4.78, 5) is 19.9. The first-order chi connectivity index (χ1) is 12.0. The summed E-state index contributed by atoms with van der Waals surface area (Å²) in [7, 11) is 0. The van der Waals surface area contributed by atoms with Crippen LogP contribution in [-0.2, 0) is 0 Å². The van der Waals surface area contributed by atoms with Crippen LogP contribution in [0.25, 0.3) is 0 Å². The van der Waals surface area contributed by atoms with Gasteiger partial charge in [-0.25, -0.2) is 23.1 Å². The zero-order valence-electron chi connectivity index (χ0n) is 12.6. The number of carbonyl (C=O) groups is 1. The van der Waals surface area contributed by atoms with E-state index < -0.39 is 23.4 Å². The van der Waals surface area contributed by atoms with E-state index in [4.69, 9.17) is 0 Å². The second-order valence-electron chi connectivity index (χ2n) is 5.00. The standard InChI is InChI=1S/C17H11F3N4O/c18-10-1-3-11(4-2-10)24-17(25)15-8-16(22-9-21-15)23-12-5-6-13(19)14(20)7-12/h1-9H,(H,24,25)(H,21,22,23). The van der Waals surface area contributed by atoms with Crippen LogP contribution in [0.3, 0.4) is 0 Å². The fourth-order valence-corrected chi connectivity index (χ4v) is 2.00. The first kappa shape index (κ1) is 16.4. The summed E-state index contributed by atoms with van der Waals surface area (Å²) in [6, 6.07) is 9.87. The summed E-state index contributed by atoms with van der Waals surface area (Å²) >= 11 is 0. The maximum Gasteiger partial charge on any atom is 0.274 e. The zero-order valence-corrected chi connectivity index (χ0v) is 12.6. The quantitative estimate of drug-likeness (QED) is 0.753. The number of carbonyl (C=O) groups excluding carboxylic acids is 1. The van der Waals surface area contributed by atoms with Gasteiger partial charge in [0.05, 0.1) is 0 Å². The molecule has 0 saturated carbocycles. The molecule has 0 unspecified atom stereocenters. The Morgan fingerprint density at radius 1 is 0.840 bits per heavy atom. The van der Waals surface area contributed by atoms with Crippen LogP contribution in [-0.4, -0.2) is 15.9 Å². The number of amides is 1. The third kappa shape index (κ3) is 4.11. The Morgan fingerprint density at radius 2 is 1.56 bits per heavy atom. The van der Waals surface area contributed by atoms with Gasteiger partial charge < -0.3 is 10.6 Å². The summed E-state index contributed by atoms with van der Waals surface area (Å²) < 4.78 is 39.0. The van der Waals surface area contributed by atoms with Crippen molar-refractivity contribution in [1.82, 2.24) is 9.97 Å². The van der Waals surface area contributed by atoms with E-state index in [1.807, 2.05) is 0 Å². The van der Waals surface area contributed by atoms with Gasteiger partial charge in [0.2, 0.25) is 0 Å². The van der Waals surface area contributed by atoms with Crippen LogP contribution in [0, 0.1) is 17.5 Å². The lowest BCUT2D eigenvalue weighted by atomic mass is 10.2. The van der Waals surface area contributed by atoms with Crippen LogP contribution in [0.15, 0.2) is 54.9 Å². The van der Waals surface area contributed by atoms with Crippen molar-refractivity contribution >= 4 is 23.1 Å². The molecular weight excluding hydrogens is 333 g/mol. The molecule has 8 heteroatoms. The monoisotopic (exact) mass is 344 g/mol. The minimum Gasteiger partial charge on any atom is -0.340 e. The Hall–Kier alpha value is -3.42. The smallest absolute Gasteiger partial charge is 0.274 e. The third-order valence-corrected chi connectivity index (χ3v) is 3.19. The molecule has 0 bridgehead atoms. The minimum atomic E-state index is -1.01. The highest BCUT2D eigenvalue weighted by atomic mass is 19.2. The minimum absolute atomic E-state index is 0.0457. The van der Waals surface area contributed by atoms with Gasteiger partial charge in [-0.1, -0.05) is 0 Å². The van der Waals surface area contributed by atoms with E-state index in [-0.39, 0.29) is 17.2 Å². The van der Waals surface area contributed by atoms with Gasteiger partial charge in [-0.3, -0.25) is 4.79 Å². The summed E-state index contributed by atoms with van der Waals surface area (Å²) in [6.07, 6.45) is 1.15. The molecule has 0 aliphatic heterocycles. The van der Waals surface area contributed by atoms with Gasteiger partial charge in [-0.2, -0.15) is 0 Å². The molecule has 1 heterocycles. The number of nitrogens with one attached hydrogen (secondary N) is 2. The van der Waals surface area contributed by atoms with E-state index in [2.05, 4.69) is 20.6 Å². The van der Waals surface area contributed by atoms with Gasteiger partial charge >= 0.3 is 0 Å². The molecule has 0 fully saturated rings. The molecule has 0 aliphatic rings. The number of anilines is 3. The highest BCUT2D eigenvalue weighted by Crippen LogP contribution is 2.18. The van der Waals surface area contributed by atoms with Crippen LogP contribution in [0.5, 0.6) is 0 Å². The fourth-order valence-electron chi connectivity index (χ4n) is 2.00. The molecule has 1 amide bonds. The number of aromatic nitrogens is 2. The molecule has 0 atom stereocenters. The van der Waals surface area contributed by atoms with Crippen molar-refractivity contribution in [1.29, 1.82) is 0 Å². The Morgan fingerprint density at radius 3 is 2.28 bits per heavy atom. The van der Waals surface area contributed by atoms with Crippen LogP contribution in [0.2, 0.25) is 0 Å². The normalized spacial score (nSPS) is 10.4. The average molecular weight is 344 g/mol. The number of nitrogens with zero attached hydrogens (tertiary/aromatic N) is 2. The van der Waals surface area contributed by atoms with Crippen molar-refractivity contribution in [2.75, 3.05) is 10.6 Å². The largest absolute Gasteiger partial charge is 0.340 e. The van der Waals surface area contributed by atoms with Crippen molar-refractivity contribution in [3.63, 3.8) is 0 Å². The van der Waals surface area contributed by atoms with Crippen molar-refractivity contribution in [3.8, 4) is 0 Å². The van der Waals surface area contributed by atoms with Gasteiger partial charge in [0.15, 0.2) is 11.6 Å². The lowest BCUT2D eigenvalue weighted by Crippen LogP contribution is -2.14. The predicted octanol–water partition coefficient (Wildman–Crippen LogP) is 3.89. The molecule has 5 nitrogen and oxygen atoms in total. The molecule has 3 rings (SSSR count). The van der Waals surface area contributed by atoms with Gasteiger partial charge in [-0.05, 0) is 36.4 Å². The molecule has 3 aromatic rings. The average Bonchev–Trinajstić information content (AvgIpc) is 2.60. The van der Waals surface area contributed by atoms with E-state index in [0.717, 1.165) is 18.5 Å². The van der Waals surface area contributed by atoms with Gasteiger partial charge in [-0.15, -0.1) is 0 Å². The first-order valence-corrected chi connectivity index (χ1v) is 7.12. The number of benzene rings is 2. The number of rotatable bonds is 4. The van der Waals surface area contributed by atoms with Crippen LogP contribution >= 0.6 is 0 Å². The number of hydrogen-bond donors (Lipinski definition) is 2. The van der Waals surface area contributed by atoms with Crippen molar-refractivity contribution in [2.45, 2.75) is 0 Å². The molecule has 25 heavy (non-hydrogen) atoms. The molecular formula is C17H11F3N4O. The highest BCUT2D eigenvalue weighted by molar-refractivity contribution is 6.03. The molecule has 0 aliphatic carbocycles. The SMILES string of the molecule is O=C(Nc1ccc(F)cc1)c1cc(Nc2ccc(F)c(F)c2)ncn1. The lowest BCUT2D eigenvalue weighted by Gasteiger charge is -2.08. The molecule has 0 spiro atoms. The number of halogens is 3. The molecule has 1 aromatic heterocycles. The maximum absolute atomic E-state index is 13.2. The summed E-state index contributed by atoms with van der Waals surface area (Å²) in [5.74, 6) is -2.69.